The van der Waals surface area contributed by atoms with E-state index in [0.717, 1.165) is 10.1 Å². The molecule has 1 aromatic rings. The SMILES string of the molecule is NCC1CCCCC1COc1ncc(I)cn1. The molecule has 4 nitrogen and oxygen atoms in total. The van der Waals surface area contributed by atoms with Gasteiger partial charge in [0.2, 0.25) is 0 Å². The summed E-state index contributed by atoms with van der Waals surface area (Å²) in [7, 11) is 0. The standard InChI is InChI=1S/C12H18IN3O/c13-11-6-15-12(16-7-11)17-8-10-4-2-1-3-9(10)5-14/h6-7,9-10H,1-5,8,14H2. The molecular weight excluding hydrogens is 329 g/mol. The van der Waals surface area contributed by atoms with Gasteiger partial charge in [0.25, 0.3) is 0 Å². The molecule has 1 aliphatic carbocycles. The van der Waals surface area contributed by atoms with Crippen LogP contribution >= 0.6 is 22.6 Å². The summed E-state index contributed by atoms with van der Waals surface area (Å²) in [5.41, 5.74) is 5.79. The quantitative estimate of drug-likeness (QED) is 0.849. The second kappa shape index (κ2) is 6.49. The lowest BCUT2D eigenvalue weighted by Crippen LogP contribution is -2.31. The largest absolute Gasteiger partial charge is 0.463 e. The third kappa shape index (κ3) is 3.77. The van der Waals surface area contributed by atoms with E-state index < -0.39 is 0 Å². The molecule has 0 bridgehead atoms. The first-order valence-corrected chi connectivity index (χ1v) is 7.18. The molecule has 0 saturated heterocycles. The number of aromatic nitrogens is 2. The maximum atomic E-state index is 5.79. The molecule has 2 N–H and O–H groups in total. The molecular formula is C12H18IN3O. The minimum Gasteiger partial charge on any atom is -0.463 e. The molecule has 0 aromatic carbocycles. The number of hydrogen-bond acceptors (Lipinski definition) is 4. The van der Waals surface area contributed by atoms with Crippen LogP contribution in [0.4, 0.5) is 0 Å². The summed E-state index contributed by atoms with van der Waals surface area (Å²) in [6, 6.07) is 0.478. The van der Waals surface area contributed by atoms with Gasteiger partial charge in [0.1, 0.15) is 0 Å². The van der Waals surface area contributed by atoms with Crippen LogP contribution < -0.4 is 10.5 Å². The molecule has 1 aliphatic rings. The van der Waals surface area contributed by atoms with Crippen molar-refractivity contribution in [2.24, 2.45) is 17.6 Å². The molecule has 2 atom stereocenters. The number of rotatable bonds is 4. The van der Waals surface area contributed by atoms with E-state index >= 15 is 0 Å². The smallest absolute Gasteiger partial charge is 0.316 e. The third-order valence-electron chi connectivity index (χ3n) is 3.39. The van der Waals surface area contributed by atoms with E-state index in [4.69, 9.17) is 10.5 Å². The zero-order valence-corrected chi connectivity index (χ0v) is 12.0. The average molecular weight is 347 g/mol. The van der Waals surface area contributed by atoms with Crippen molar-refractivity contribution in [1.82, 2.24) is 9.97 Å². The molecule has 1 fully saturated rings. The van der Waals surface area contributed by atoms with E-state index in [1.54, 1.807) is 12.4 Å². The summed E-state index contributed by atoms with van der Waals surface area (Å²) in [5, 5.41) is 0. The van der Waals surface area contributed by atoms with E-state index in [-0.39, 0.29) is 0 Å². The van der Waals surface area contributed by atoms with Crippen LogP contribution in [0.2, 0.25) is 0 Å². The van der Waals surface area contributed by atoms with Gasteiger partial charge in [0, 0.05) is 16.0 Å². The lowest BCUT2D eigenvalue weighted by molar-refractivity contribution is 0.145. The topological polar surface area (TPSA) is 61.0 Å². The lowest BCUT2D eigenvalue weighted by Gasteiger charge is -2.29. The number of hydrogen-bond donors (Lipinski definition) is 1. The van der Waals surface area contributed by atoms with Crippen LogP contribution in [-0.2, 0) is 0 Å². The van der Waals surface area contributed by atoms with Crippen molar-refractivity contribution in [2.75, 3.05) is 13.2 Å². The van der Waals surface area contributed by atoms with Gasteiger partial charge in [-0.15, -0.1) is 0 Å². The zero-order valence-electron chi connectivity index (χ0n) is 9.81. The monoisotopic (exact) mass is 347 g/mol. The fourth-order valence-electron chi connectivity index (χ4n) is 2.37. The molecule has 1 heterocycles. The molecule has 0 aliphatic heterocycles. The normalized spacial score (nSPS) is 24.6. The van der Waals surface area contributed by atoms with Crippen molar-refractivity contribution in [1.29, 1.82) is 0 Å². The van der Waals surface area contributed by atoms with E-state index in [0.29, 0.717) is 24.5 Å². The van der Waals surface area contributed by atoms with Crippen LogP contribution in [0.1, 0.15) is 25.7 Å². The Labute approximate surface area is 115 Å². The summed E-state index contributed by atoms with van der Waals surface area (Å²) in [5.74, 6) is 1.17. The van der Waals surface area contributed by atoms with Crippen molar-refractivity contribution in [3.63, 3.8) is 0 Å². The summed E-state index contributed by atoms with van der Waals surface area (Å²) in [6.07, 6.45) is 8.58. The first kappa shape index (κ1) is 13.0. The van der Waals surface area contributed by atoms with Gasteiger partial charge in [0.05, 0.1) is 6.61 Å². The first-order chi connectivity index (χ1) is 8.29. The van der Waals surface area contributed by atoms with Crippen LogP contribution in [0.15, 0.2) is 12.4 Å². The van der Waals surface area contributed by atoms with Crippen LogP contribution in [-0.4, -0.2) is 23.1 Å². The summed E-state index contributed by atoms with van der Waals surface area (Å²) in [4.78, 5) is 8.28. The Bertz CT molecular complexity index is 344. The van der Waals surface area contributed by atoms with Crippen LogP contribution in [0, 0.1) is 15.4 Å². The Balaban J connectivity index is 1.86. The van der Waals surface area contributed by atoms with Crippen LogP contribution in [0.5, 0.6) is 6.01 Å². The van der Waals surface area contributed by atoms with Crippen LogP contribution in [0.25, 0.3) is 0 Å². The fraction of sp³-hybridized carbons (Fsp3) is 0.667. The Morgan fingerprint density at radius 3 is 2.53 bits per heavy atom. The van der Waals surface area contributed by atoms with Gasteiger partial charge in [-0.1, -0.05) is 12.8 Å². The Morgan fingerprint density at radius 1 is 1.24 bits per heavy atom. The Morgan fingerprint density at radius 2 is 1.88 bits per heavy atom. The highest BCUT2D eigenvalue weighted by Gasteiger charge is 2.24. The maximum Gasteiger partial charge on any atom is 0.316 e. The van der Waals surface area contributed by atoms with Gasteiger partial charge in [-0.05, 0) is 53.8 Å². The highest BCUT2D eigenvalue weighted by molar-refractivity contribution is 14.1. The van der Waals surface area contributed by atoms with Gasteiger partial charge in [0.15, 0.2) is 0 Å². The minimum absolute atomic E-state index is 0.478. The molecule has 5 heteroatoms. The highest BCUT2D eigenvalue weighted by Crippen LogP contribution is 2.29. The Hall–Kier alpha value is -0.430. The molecule has 0 radical (unpaired) electrons. The molecule has 17 heavy (non-hydrogen) atoms. The van der Waals surface area contributed by atoms with E-state index in [1.807, 2.05) is 0 Å². The summed E-state index contributed by atoms with van der Waals surface area (Å²) >= 11 is 2.18. The Kier molecular flexibility index (Phi) is 4.97. The average Bonchev–Trinajstić information content (AvgIpc) is 2.38. The fourth-order valence-corrected chi connectivity index (χ4v) is 2.65. The van der Waals surface area contributed by atoms with Gasteiger partial charge in [-0.3, -0.25) is 0 Å². The molecule has 0 spiro atoms. The molecule has 2 rings (SSSR count). The first-order valence-electron chi connectivity index (χ1n) is 6.10. The predicted molar refractivity (Wildman–Crippen MR) is 74.7 cm³/mol. The number of ether oxygens (including phenoxy) is 1. The van der Waals surface area contributed by atoms with Gasteiger partial charge in [-0.2, -0.15) is 0 Å². The molecule has 1 saturated carbocycles. The number of nitrogens with zero attached hydrogens (tertiary/aromatic N) is 2. The maximum absolute atomic E-state index is 5.79. The predicted octanol–water partition coefficient (Wildman–Crippen LogP) is 2.23. The molecule has 0 amide bonds. The minimum atomic E-state index is 0.478. The summed E-state index contributed by atoms with van der Waals surface area (Å²) < 4.78 is 6.67. The second-order valence-electron chi connectivity index (χ2n) is 4.54. The summed E-state index contributed by atoms with van der Waals surface area (Å²) in [6.45, 7) is 1.46. The van der Waals surface area contributed by atoms with Crippen molar-refractivity contribution in [3.8, 4) is 6.01 Å². The zero-order chi connectivity index (χ0) is 12.1. The van der Waals surface area contributed by atoms with E-state index in [1.165, 1.54) is 25.7 Å². The third-order valence-corrected chi connectivity index (χ3v) is 3.95. The van der Waals surface area contributed by atoms with E-state index in [9.17, 15) is 0 Å². The van der Waals surface area contributed by atoms with Crippen molar-refractivity contribution >= 4 is 22.6 Å². The molecule has 1 aromatic heterocycles. The van der Waals surface area contributed by atoms with Gasteiger partial charge >= 0.3 is 6.01 Å². The van der Waals surface area contributed by atoms with E-state index in [2.05, 4.69) is 32.6 Å². The second-order valence-corrected chi connectivity index (χ2v) is 5.78. The highest BCUT2D eigenvalue weighted by atomic mass is 127. The number of nitrogens with two attached hydrogens (primary N) is 1. The van der Waals surface area contributed by atoms with Crippen LogP contribution in [0.3, 0.4) is 0 Å². The lowest BCUT2D eigenvalue weighted by atomic mass is 9.80. The molecule has 2 unspecified atom stereocenters. The van der Waals surface area contributed by atoms with Crippen molar-refractivity contribution in [2.45, 2.75) is 25.7 Å². The van der Waals surface area contributed by atoms with Crippen molar-refractivity contribution in [3.05, 3.63) is 16.0 Å². The number of halogens is 1. The van der Waals surface area contributed by atoms with Crippen molar-refractivity contribution < 1.29 is 4.74 Å². The molecule has 94 valence electrons. The van der Waals surface area contributed by atoms with Gasteiger partial charge in [-0.25, -0.2) is 9.97 Å². The van der Waals surface area contributed by atoms with Gasteiger partial charge < -0.3 is 10.5 Å².